The molecule has 0 amide bonds. The van der Waals surface area contributed by atoms with Crippen LogP contribution >= 0.6 is 0 Å². The molecule has 16 heteroatoms. The molecule has 0 aromatic heterocycles. The minimum atomic E-state index is -0.583. The summed E-state index contributed by atoms with van der Waals surface area (Å²) in [6.45, 7) is 33.8. The van der Waals surface area contributed by atoms with Crippen LogP contribution in [0.5, 0.6) is 0 Å². The summed E-state index contributed by atoms with van der Waals surface area (Å²) in [4.78, 5) is 94.3. The fourth-order valence-corrected chi connectivity index (χ4v) is 23.3. The van der Waals surface area contributed by atoms with Crippen LogP contribution in [0.2, 0.25) is 0 Å². The van der Waals surface area contributed by atoms with Crippen LogP contribution in [0.1, 0.15) is 236 Å². The number of rotatable bonds is 22. The molecule has 16 saturated carbocycles. The molecule has 16 nitrogen and oxygen atoms in total. The highest BCUT2D eigenvalue weighted by Gasteiger charge is 2.66. The zero-order valence-electron chi connectivity index (χ0n) is 57.7. The van der Waals surface area contributed by atoms with Crippen molar-refractivity contribution in [3.05, 3.63) is 49.6 Å². The first-order valence-corrected chi connectivity index (χ1v) is 35.5. The lowest BCUT2D eigenvalue weighted by Gasteiger charge is -2.64. The van der Waals surface area contributed by atoms with E-state index in [2.05, 4.69) is 81.7 Å². The second-order valence-corrected chi connectivity index (χ2v) is 32.9. The van der Waals surface area contributed by atoms with Gasteiger partial charge in [0.2, 0.25) is 0 Å². The Morgan fingerprint density at radius 1 is 0.359 bits per heavy atom. The van der Waals surface area contributed by atoms with Crippen molar-refractivity contribution in [1.29, 1.82) is 0 Å². The van der Waals surface area contributed by atoms with Crippen molar-refractivity contribution in [2.45, 2.75) is 259 Å². The van der Waals surface area contributed by atoms with E-state index in [1.807, 2.05) is 0 Å². The Kier molecular flexibility index (Phi) is 21.5. The predicted octanol–water partition coefficient (Wildman–Crippen LogP) is 14.6. The smallest absolute Gasteiger partial charge is 0.344 e. The fourth-order valence-electron chi connectivity index (χ4n) is 23.3. The summed E-state index contributed by atoms with van der Waals surface area (Å²) in [5.41, 5.74) is 1.00. The van der Waals surface area contributed by atoms with Crippen molar-refractivity contribution in [3.8, 4) is 0 Å². The lowest BCUT2D eigenvalue weighted by molar-refractivity contribution is -0.228. The molecule has 512 valence electrons. The summed E-state index contributed by atoms with van der Waals surface area (Å²) >= 11 is 0. The van der Waals surface area contributed by atoms with E-state index < -0.39 is 47.8 Å². The van der Waals surface area contributed by atoms with Crippen molar-refractivity contribution in [2.75, 3.05) is 26.4 Å². The van der Waals surface area contributed by atoms with Gasteiger partial charge in [-0.25, -0.2) is 38.4 Å². The highest BCUT2D eigenvalue weighted by Crippen LogP contribution is 2.69. The molecule has 0 aromatic carbocycles. The second-order valence-electron chi connectivity index (χ2n) is 32.9. The van der Waals surface area contributed by atoms with Gasteiger partial charge in [-0.05, 0) is 261 Å². The Bertz CT molecular complexity index is 2780. The summed E-state index contributed by atoms with van der Waals surface area (Å²) in [7, 11) is 0. The van der Waals surface area contributed by atoms with Gasteiger partial charge in [0.15, 0.2) is 26.4 Å². The van der Waals surface area contributed by atoms with Crippen LogP contribution in [0.15, 0.2) is 49.6 Å². The molecule has 0 saturated heterocycles. The number of hydrogen-bond donors (Lipinski definition) is 0. The van der Waals surface area contributed by atoms with Gasteiger partial charge in [-0.1, -0.05) is 94.5 Å². The highest BCUT2D eigenvalue weighted by molar-refractivity contribution is 5.89. The molecule has 8 unspecified atom stereocenters. The average molecular weight is 1280 g/mol. The third-order valence-electron chi connectivity index (χ3n) is 25.4. The predicted molar refractivity (Wildman–Crippen MR) is 346 cm³/mol. The lowest BCUT2D eigenvalue weighted by atomic mass is 9.44. The maximum absolute atomic E-state index is 12.4. The maximum Gasteiger partial charge on any atom is 0.344 e. The van der Waals surface area contributed by atoms with E-state index in [1.165, 1.54) is 103 Å². The molecule has 16 rings (SSSR count). The van der Waals surface area contributed by atoms with Gasteiger partial charge in [0, 0.05) is 23.3 Å². The number of esters is 8. The van der Waals surface area contributed by atoms with Gasteiger partial charge < -0.3 is 37.9 Å². The largest absolute Gasteiger partial charge is 0.456 e. The van der Waals surface area contributed by atoms with E-state index in [-0.39, 0.29) is 48.8 Å². The Labute approximate surface area is 548 Å². The molecule has 0 radical (unpaired) electrons. The van der Waals surface area contributed by atoms with Gasteiger partial charge in [-0.15, -0.1) is 0 Å². The quantitative estimate of drug-likeness (QED) is 0.0560. The minimum Gasteiger partial charge on any atom is -0.456 e. The van der Waals surface area contributed by atoms with Crippen LogP contribution in [0, 0.1) is 92.7 Å². The molecule has 0 heterocycles. The normalized spacial score (nSPS) is 40.7. The van der Waals surface area contributed by atoms with Crippen LogP contribution < -0.4 is 0 Å². The van der Waals surface area contributed by atoms with E-state index in [4.69, 9.17) is 37.9 Å². The SMILES string of the molecule is C=C(C)C(=O)OCC(=O)OC1(CC)C2CC3CC1CC(C)(C3)C2.C=C(C)C(=O)OCC(=O)OC1(CCC)C2CC3CC1CC(C)(C3)C2.C=CC(=O)OCC(=O)OC1(CC)C2CC3CC1CC(C)(C3)C2.C=CC(=O)OCC(=O)OC1(CCC)C2CC3CC1CC(C)(C3)C2. The summed E-state index contributed by atoms with van der Waals surface area (Å²) in [5.74, 6) is 3.06. The molecule has 92 heavy (non-hydrogen) atoms. The topological polar surface area (TPSA) is 210 Å². The molecule has 0 N–H and O–H groups in total. The van der Waals surface area contributed by atoms with Gasteiger partial charge in [-0.2, -0.15) is 0 Å². The number of hydrogen-bond acceptors (Lipinski definition) is 16. The molecule has 16 aliphatic carbocycles. The van der Waals surface area contributed by atoms with E-state index in [1.54, 1.807) is 13.8 Å². The van der Waals surface area contributed by atoms with E-state index >= 15 is 0 Å². The summed E-state index contributed by atoms with van der Waals surface area (Å²) in [6.07, 6.45) is 31.8. The van der Waals surface area contributed by atoms with E-state index in [0.717, 1.165) is 100 Å². The Balaban J connectivity index is 0.000000145. The van der Waals surface area contributed by atoms with Crippen LogP contribution in [-0.4, -0.2) is 96.6 Å². The van der Waals surface area contributed by atoms with Crippen molar-refractivity contribution in [1.82, 2.24) is 0 Å². The number of carbonyl (C=O) groups is 8. The van der Waals surface area contributed by atoms with Gasteiger partial charge in [0.1, 0.15) is 22.4 Å². The van der Waals surface area contributed by atoms with E-state index in [9.17, 15) is 38.4 Å². The van der Waals surface area contributed by atoms with Gasteiger partial charge in [-0.3, -0.25) is 0 Å². The fraction of sp³-hybridized carbons (Fsp3) is 0.789. The molecule has 0 aromatic rings. The standard InChI is InChI=1S/C20H30O4.2C19H28O4.C18H26O4/c1-5-6-20(24-17(21)12-23-18(22)13(2)3)15-7-14-8-16(20)11-19(4,9-14)10-15;1-5-19(23-16(20)11-22-17(21)12(2)3)14-6-13-7-15(19)10-18(4,8-13)9-14;1-4-6-19(23-17(21)12-22-16(20)5-2)14-7-13-8-15(19)11-18(3,9-13)10-14;1-4-15(19)21-11-16(20)22-18(5-2)13-6-12-7-14(18)10-17(3,8-12)9-13/h14-16H,2,5-12H2,1,3-4H3;13-15H,2,5-11H2,1,3-4H3;5,13-15H,2,4,6-12H2,1,3H3;4,12-14H,1,5-11H2,2-3H3. The van der Waals surface area contributed by atoms with Crippen LogP contribution in [0.3, 0.4) is 0 Å². The third kappa shape index (κ3) is 14.7. The zero-order valence-corrected chi connectivity index (χ0v) is 57.7. The monoisotopic (exact) mass is 1280 g/mol. The molecule has 0 aliphatic heterocycles. The third-order valence-corrected chi connectivity index (χ3v) is 25.4. The molecule has 16 bridgehead atoms. The zero-order chi connectivity index (χ0) is 67.0. The van der Waals surface area contributed by atoms with Crippen molar-refractivity contribution in [2.24, 2.45) is 92.7 Å². The first-order chi connectivity index (χ1) is 43.4. The maximum atomic E-state index is 12.4. The van der Waals surface area contributed by atoms with E-state index in [0.29, 0.717) is 80.1 Å². The molecule has 0 spiro atoms. The van der Waals surface area contributed by atoms with Gasteiger partial charge >= 0.3 is 47.8 Å². The van der Waals surface area contributed by atoms with Crippen LogP contribution in [0.4, 0.5) is 0 Å². The molecule has 16 fully saturated rings. The molecule has 8 atom stereocenters. The molecular weight excluding hydrogens is 1170 g/mol. The number of carbonyl (C=O) groups excluding carboxylic acids is 8. The summed E-state index contributed by atoms with van der Waals surface area (Å²) in [5, 5.41) is 0. The average Bonchev–Trinajstić information content (AvgIpc) is 0.744. The summed E-state index contributed by atoms with van der Waals surface area (Å²) in [6, 6.07) is 0. The van der Waals surface area contributed by atoms with Crippen molar-refractivity contribution >= 4 is 47.8 Å². The van der Waals surface area contributed by atoms with Crippen molar-refractivity contribution < 1.29 is 76.3 Å². The Morgan fingerprint density at radius 3 is 0.772 bits per heavy atom. The lowest BCUT2D eigenvalue weighted by Crippen LogP contribution is -2.62. The van der Waals surface area contributed by atoms with Crippen LogP contribution in [0.25, 0.3) is 0 Å². The Hall–Kier alpha value is -5.28. The first-order valence-electron chi connectivity index (χ1n) is 35.5. The van der Waals surface area contributed by atoms with Gasteiger partial charge in [0.05, 0.1) is 0 Å². The highest BCUT2D eigenvalue weighted by atomic mass is 16.6. The van der Waals surface area contributed by atoms with Crippen molar-refractivity contribution in [3.63, 3.8) is 0 Å². The Morgan fingerprint density at radius 2 is 0.576 bits per heavy atom. The van der Waals surface area contributed by atoms with Gasteiger partial charge in [0.25, 0.3) is 0 Å². The first kappa shape index (κ1) is 71.0. The molecular formula is C76H112O16. The second kappa shape index (κ2) is 27.8. The minimum absolute atomic E-state index is 0.297. The number of ether oxygens (including phenoxy) is 8. The molecule has 16 aliphatic rings. The summed E-state index contributed by atoms with van der Waals surface area (Å²) < 4.78 is 43.7. The van der Waals surface area contributed by atoms with Crippen LogP contribution in [-0.2, 0) is 76.3 Å².